The fraction of sp³-hybridized carbons (Fsp3) is 0.526. The molecule has 3 nitrogen and oxygen atoms in total. The van der Waals surface area contributed by atoms with E-state index in [2.05, 4.69) is 32.7 Å². The topological polar surface area (TPSA) is 23.6 Å². The summed E-state index contributed by atoms with van der Waals surface area (Å²) < 4.78 is 1.00. The molecule has 0 radical (unpaired) electrons. The van der Waals surface area contributed by atoms with Crippen LogP contribution in [-0.2, 0) is 4.79 Å². The average Bonchev–Trinajstić information content (AvgIpc) is 2.83. The minimum Gasteiger partial charge on any atom is -0.332 e. The van der Waals surface area contributed by atoms with Crippen LogP contribution in [0.4, 0.5) is 0 Å². The number of piperidine rings is 1. The summed E-state index contributed by atoms with van der Waals surface area (Å²) in [5.74, 6) is 6.88. The highest BCUT2D eigenvalue weighted by molar-refractivity contribution is 9.10. The molecule has 1 aromatic carbocycles. The number of hydrogen-bond acceptors (Lipinski definition) is 2. The van der Waals surface area contributed by atoms with E-state index in [4.69, 9.17) is 0 Å². The van der Waals surface area contributed by atoms with Crippen molar-refractivity contribution < 1.29 is 4.79 Å². The maximum Gasteiger partial charge on any atom is 0.227 e. The molecule has 122 valence electrons. The first-order valence-electron chi connectivity index (χ1n) is 8.40. The van der Waals surface area contributed by atoms with E-state index in [9.17, 15) is 4.79 Å². The van der Waals surface area contributed by atoms with Crippen LogP contribution >= 0.6 is 15.9 Å². The van der Waals surface area contributed by atoms with Crippen molar-refractivity contribution >= 4 is 21.8 Å². The molecule has 3 rings (SSSR count). The van der Waals surface area contributed by atoms with Crippen LogP contribution in [0.5, 0.6) is 0 Å². The quantitative estimate of drug-likeness (QED) is 0.742. The number of benzene rings is 1. The standard InChI is InChI=1S/C19H23BrN2O/c1-21-17(10-9-15-7-3-4-8-18(15)20)13-16(19(21)23)14-22-11-5-2-6-12-22/h3-4,7-8,16-17H,2,5-6,11-14H2,1H3. The van der Waals surface area contributed by atoms with Gasteiger partial charge in [0.05, 0.1) is 12.0 Å². The molecule has 23 heavy (non-hydrogen) atoms. The van der Waals surface area contributed by atoms with Gasteiger partial charge in [-0.2, -0.15) is 0 Å². The molecule has 2 atom stereocenters. The van der Waals surface area contributed by atoms with Gasteiger partial charge in [-0.25, -0.2) is 0 Å². The maximum atomic E-state index is 12.5. The highest BCUT2D eigenvalue weighted by Crippen LogP contribution is 2.25. The number of rotatable bonds is 2. The van der Waals surface area contributed by atoms with E-state index in [1.807, 2.05) is 36.2 Å². The van der Waals surface area contributed by atoms with E-state index in [1.54, 1.807) is 0 Å². The van der Waals surface area contributed by atoms with E-state index >= 15 is 0 Å². The molecule has 2 unspecified atom stereocenters. The maximum absolute atomic E-state index is 12.5. The average molecular weight is 375 g/mol. The molecule has 0 N–H and O–H groups in total. The first-order chi connectivity index (χ1) is 11.1. The van der Waals surface area contributed by atoms with Gasteiger partial charge < -0.3 is 9.80 Å². The Bertz CT molecular complexity index is 628. The van der Waals surface area contributed by atoms with Gasteiger partial charge in [-0.15, -0.1) is 0 Å². The lowest BCUT2D eigenvalue weighted by Gasteiger charge is -2.28. The van der Waals surface area contributed by atoms with Gasteiger partial charge in [-0.1, -0.05) is 30.4 Å². The minimum absolute atomic E-state index is 0.0318. The number of carbonyl (C=O) groups is 1. The van der Waals surface area contributed by atoms with Gasteiger partial charge in [0.1, 0.15) is 0 Å². The molecule has 2 aliphatic rings. The molecule has 2 heterocycles. The monoisotopic (exact) mass is 374 g/mol. The Kier molecular flexibility index (Phi) is 5.40. The largest absolute Gasteiger partial charge is 0.332 e. The van der Waals surface area contributed by atoms with Crippen LogP contribution in [0, 0.1) is 17.8 Å². The summed E-state index contributed by atoms with van der Waals surface area (Å²) in [6, 6.07) is 7.99. The van der Waals surface area contributed by atoms with E-state index < -0.39 is 0 Å². The van der Waals surface area contributed by atoms with Gasteiger partial charge in [0, 0.05) is 23.6 Å². The van der Waals surface area contributed by atoms with Crippen LogP contribution in [0.1, 0.15) is 31.2 Å². The lowest BCUT2D eigenvalue weighted by molar-refractivity contribution is -0.130. The molecule has 1 amide bonds. The van der Waals surface area contributed by atoms with Crippen LogP contribution in [0.15, 0.2) is 28.7 Å². The molecule has 1 aromatic rings. The molecule has 0 saturated carbocycles. The SMILES string of the molecule is CN1C(=O)C(CN2CCCCC2)CC1C#Cc1ccccc1Br. The zero-order valence-corrected chi connectivity index (χ0v) is 15.2. The van der Waals surface area contributed by atoms with E-state index in [-0.39, 0.29) is 17.9 Å². The molecule has 2 aliphatic heterocycles. The zero-order chi connectivity index (χ0) is 16.2. The van der Waals surface area contributed by atoms with Crippen molar-refractivity contribution in [1.82, 2.24) is 9.80 Å². The van der Waals surface area contributed by atoms with Crippen molar-refractivity contribution in [2.24, 2.45) is 5.92 Å². The Labute approximate surface area is 147 Å². The first kappa shape index (κ1) is 16.5. The Morgan fingerprint density at radius 1 is 1.22 bits per heavy atom. The fourth-order valence-corrected chi connectivity index (χ4v) is 3.84. The second-order valence-corrected chi connectivity index (χ2v) is 7.36. The molecule has 2 fully saturated rings. The molecule has 2 saturated heterocycles. The molecule has 4 heteroatoms. The smallest absolute Gasteiger partial charge is 0.227 e. The fourth-order valence-electron chi connectivity index (χ4n) is 3.46. The second-order valence-electron chi connectivity index (χ2n) is 6.51. The van der Waals surface area contributed by atoms with Crippen molar-refractivity contribution in [2.75, 3.05) is 26.7 Å². The number of hydrogen-bond donors (Lipinski definition) is 0. The van der Waals surface area contributed by atoms with Gasteiger partial charge in [0.2, 0.25) is 5.91 Å². The number of likely N-dealkylation sites (tertiary alicyclic amines) is 2. The third-order valence-electron chi connectivity index (χ3n) is 4.85. The Balaban J connectivity index is 1.65. The van der Waals surface area contributed by atoms with E-state index in [0.717, 1.165) is 36.1 Å². The Hall–Kier alpha value is -1.31. The van der Waals surface area contributed by atoms with Crippen molar-refractivity contribution in [3.8, 4) is 11.8 Å². The predicted molar refractivity (Wildman–Crippen MR) is 96.0 cm³/mol. The molecular formula is C19H23BrN2O. The minimum atomic E-state index is 0.0318. The van der Waals surface area contributed by atoms with Gasteiger partial charge in [-0.05, 0) is 60.4 Å². The summed E-state index contributed by atoms with van der Waals surface area (Å²) in [5.41, 5.74) is 0.979. The van der Waals surface area contributed by atoms with Gasteiger partial charge >= 0.3 is 0 Å². The third kappa shape index (κ3) is 3.97. The molecule has 0 bridgehead atoms. The molecule has 0 aromatic heterocycles. The summed E-state index contributed by atoms with van der Waals surface area (Å²) in [7, 11) is 1.89. The normalized spacial score (nSPS) is 25.3. The number of halogens is 1. The predicted octanol–water partition coefficient (Wildman–Crippen LogP) is 3.13. The first-order valence-corrected chi connectivity index (χ1v) is 9.19. The summed E-state index contributed by atoms with van der Waals surface area (Å²) in [6.07, 6.45) is 4.71. The van der Waals surface area contributed by atoms with Crippen LogP contribution in [0.25, 0.3) is 0 Å². The highest BCUT2D eigenvalue weighted by Gasteiger charge is 2.37. The highest BCUT2D eigenvalue weighted by atomic mass is 79.9. The van der Waals surface area contributed by atoms with Crippen molar-refractivity contribution in [3.05, 3.63) is 34.3 Å². The van der Waals surface area contributed by atoms with Crippen molar-refractivity contribution in [1.29, 1.82) is 0 Å². The van der Waals surface area contributed by atoms with Crippen LogP contribution in [0.3, 0.4) is 0 Å². The zero-order valence-electron chi connectivity index (χ0n) is 13.6. The van der Waals surface area contributed by atoms with Gasteiger partial charge in [0.25, 0.3) is 0 Å². The number of amides is 1. The lowest BCUT2D eigenvalue weighted by Crippen LogP contribution is -2.37. The summed E-state index contributed by atoms with van der Waals surface area (Å²) in [6.45, 7) is 3.18. The summed E-state index contributed by atoms with van der Waals surface area (Å²) >= 11 is 3.52. The molecule has 0 aliphatic carbocycles. The summed E-state index contributed by atoms with van der Waals surface area (Å²) in [4.78, 5) is 16.8. The second kappa shape index (κ2) is 7.51. The van der Waals surface area contributed by atoms with Crippen molar-refractivity contribution in [3.63, 3.8) is 0 Å². The number of nitrogens with zero attached hydrogens (tertiary/aromatic N) is 2. The van der Waals surface area contributed by atoms with Crippen LogP contribution in [0.2, 0.25) is 0 Å². The lowest BCUT2D eigenvalue weighted by atomic mass is 10.0. The van der Waals surface area contributed by atoms with Crippen molar-refractivity contribution in [2.45, 2.75) is 31.7 Å². The van der Waals surface area contributed by atoms with E-state index in [0.29, 0.717) is 0 Å². The third-order valence-corrected chi connectivity index (χ3v) is 5.54. The summed E-state index contributed by atoms with van der Waals surface area (Å²) in [5, 5.41) is 0. The molecule has 0 spiro atoms. The van der Waals surface area contributed by atoms with E-state index in [1.165, 1.54) is 19.3 Å². The molecular weight excluding hydrogens is 352 g/mol. The van der Waals surface area contributed by atoms with Crippen LogP contribution < -0.4 is 0 Å². The van der Waals surface area contributed by atoms with Gasteiger partial charge in [-0.3, -0.25) is 4.79 Å². The number of carbonyl (C=O) groups excluding carboxylic acids is 1. The van der Waals surface area contributed by atoms with Gasteiger partial charge in [0.15, 0.2) is 0 Å². The Morgan fingerprint density at radius 2 is 1.96 bits per heavy atom. The van der Waals surface area contributed by atoms with Crippen LogP contribution in [-0.4, -0.2) is 48.4 Å². The Morgan fingerprint density at radius 3 is 2.70 bits per heavy atom.